The maximum atomic E-state index is 3.72. The molecule has 2 atom stereocenters. The van der Waals surface area contributed by atoms with Crippen molar-refractivity contribution in [3.63, 3.8) is 0 Å². The Balaban J connectivity index is 1.81. The van der Waals surface area contributed by atoms with Crippen LogP contribution >= 0.6 is 0 Å². The van der Waals surface area contributed by atoms with Gasteiger partial charge in [-0.05, 0) is 44.1 Å². The van der Waals surface area contributed by atoms with Gasteiger partial charge in [-0.2, -0.15) is 0 Å². The van der Waals surface area contributed by atoms with Crippen LogP contribution in [0.4, 0.5) is 0 Å². The average molecular weight is 224 g/mol. The maximum absolute atomic E-state index is 3.72. The summed E-state index contributed by atoms with van der Waals surface area (Å²) < 4.78 is 0. The third kappa shape index (κ3) is 3.46. The van der Waals surface area contributed by atoms with E-state index in [0.29, 0.717) is 5.41 Å². The van der Waals surface area contributed by atoms with Gasteiger partial charge in [-0.1, -0.05) is 20.8 Å². The van der Waals surface area contributed by atoms with Crippen LogP contribution < -0.4 is 5.32 Å². The molecular formula is C14H28N2. The standard InChI is InChI=1S/C14H28N2/c1-11-9-15-13(12-5-6-12)10-16(11)8-7-14(2,3)4/h11-13,15H,5-10H2,1-4H3. The Bertz CT molecular complexity index is 227. The highest BCUT2D eigenvalue weighted by Gasteiger charge is 2.35. The molecule has 2 fully saturated rings. The molecule has 1 saturated carbocycles. The molecule has 2 unspecified atom stereocenters. The summed E-state index contributed by atoms with van der Waals surface area (Å²) in [6, 6.07) is 1.51. The van der Waals surface area contributed by atoms with Crippen LogP contribution in [-0.4, -0.2) is 36.6 Å². The second-order valence-corrected chi connectivity index (χ2v) is 7.01. The smallest absolute Gasteiger partial charge is 0.0224 e. The van der Waals surface area contributed by atoms with Gasteiger partial charge in [0.1, 0.15) is 0 Å². The quantitative estimate of drug-likeness (QED) is 0.792. The predicted molar refractivity (Wildman–Crippen MR) is 69.6 cm³/mol. The Morgan fingerprint density at radius 1 is 1.25 bits per heavy atom. The minimum Gasteiger partial charge on any atom is -0.311 e. The van der Waals surface area contributed by atoms with E-state index in [1.54, 1.807) is 0 Å². The van der Waals surface area contributed by atoms with E-state index < -0.39 is 0 Å². The minimum atomic E-state index is 0.472. The van der Waals surface area contributed by atoms with Crippen molar-refractivity contribution < 1.29 is 0 Å². The van der Waals surface area contributed by atoms with Crippen molar-refractivity contribution in [2.45, 2.75) is 59.0 Å². The molecule has 94 valence electrons. The van der Waals surface area contributed by atoms with Crippen LogP contribution in [0.5, 0.6) is 0 Å². The summed E-state index contributed by atoms with van der Waals surface area (Å²) in [6.45, 7) is 13.1. The molecule has 1 heterocycles. The summed E-state index contributed by atoms with van der Waals surface area (Å²) in [5, 5.41) is 3.72. The lowest BCUT2D eigenvalue weighted by atomic mass is 9.91. The fraction of sp³-hybridized carbons (Fsp3) is 1.00. The zero-order valence-corrected chi connectivity index (χ0v) is 11.4. The van der Waals surface area contributed by atoms with Gasteiger partial charge in [0, 0.05) is 25.2 Å². The molecule has 1 aliphatic carbocycles. The topological polar surface area (TPSA) is 15.3 Å². The van der Waals surface area contributed by atoms with Gasteiger partial charge in [0.05, 0.1) is 0 Å². The van der Waals surface area contributed by atoms with Crippen LogP contribution in [0.2, 0.25) is 0 Å². The third-order valence-electron chi connectivity index (χ3n) is 4.07. The van der Waals surface area contributed by atoms with E-state index in [4.69, 9.17) is 0 Å². The molecule has 2 rings (SSSR count). The Morgan fingerprint density at radius 2 is 1.94 bits per heavy atom. The van der Waals surface area contributed by atoms with Gasteiger partial charge in [0.2, 0.25) is 0 Å². The normalized spacial score (nSPS) is 33.0. The van der Waals surface area contributed by atoms with Gasteiger partial charge in [0.15, 0.2) is 0 Å². The summed E-state index contributed by atoms with van der Waals surface area (Å²) in [5.41, 5.74) is 0.472. The first-order valence-electron chi connectivity index (χ1n) is 6.93. The molecule has 16 heavy (non-hydrogen) atoms. The highest BCUT2D eigenvalue weighted by atomic mass is 15.2. The average Bonchev–Trinajstić information content (AvgIpc) is 2.98. The zero-order valence-electron chi connectivity index (χ0n) is 11.4. The van der Waals surface area contributed by atoms with Gasteiger partial charge in [-0.15, -0.1) is 0 Å². The second-order valence-electron chi connectivity index (χ2n) is 7.01. The van der Waals surface area contributed by atoms with Crippen molar-refractivity contribution in [1.29, 1.82) is 0 Å². The first-order valence-corrected chi connectivity index (χ1v) is 6.93. The highest BCUT2D eigenvalue weighted by Crippen LogP contribution is 2.34. The van der Waals surface area contributed by atoms with Crippen molar-refractivity contribution in [3.8, 4) is 0 Å². The van der Waals surface area contributed by atoms with Crippen LogP contribution in [0.15, 0.2) is 0 Å². The van der Waals surface area contributed by atoms with Crippen molar-refractivity contribution in [3.05, 3.63) is 0 Å². The molecule has 1 N–H and O–H groups in total. The summed E-state index contributed by atoms with van der Waals surface area (Å²) in [4.78, 5) is 2.70. The monoisotopic (exact) mass is 224 g/mol. The summed E-state index contributed by atoms with van der Waals surface area (Å²) in [7, 11) is 0. The molecule has 1 aliphatic heterocycles. The van der Waals surface area contributed by atoms with Gasteiger partial charge in [-0.3, -0.25) is 4.90 Å². The molecule has 2 aliphatic rings. The molecule has 0 aromatic carbocycles. The van der Waals surface area contributed by atoms with Crippen LogP contribution in [0.1, 0.15) is 47.0 Å². The summed E-state index contributed by atoms with van der Waals surface area (Å²) >= 11 is 0. The maximum Gasteiger partial charge on any atom is 0.0224 e. The van der Waals surface area contributed by atoms with E-state index in [1.165, 1.54) is 38.9 Å². The van der Waals surface area contributed by atoms with Gasteiger partial charge in [-0.25, -0.2) is 0 Å². The molecule has 0 spiro atoms. The largest absolute Gasteiger partial charge is 0.311 e. The van der Waals surface area contributed by atoms with Gasteiger partial charge >= 0.3 is 0 Å². The Morgan fingerprint density at radius 3 is 2.50 bits per heavy atom. The number of piperazine rings is 1. The lowest BCUT2D eigenvalue weighted by molar-refractivity contribution is 0.117. The van der Waals surface area contributed by atoms with E-state index in [0.717, 1.165) is 18.0 Å². The minimum absolute atomic E-state index is 0.472. The van der Waals surface area contributed by atoms with Crippen LogP contribution in [-0.2, 0) is 0 Å². The lowest BCUT2D eigenvalue weighted by Crippen LogP contribution is -2.56. The number of hydrogen-bond donors (Lipinski definition) is 1. The van der Waals surface area contributed by atoms with Crippen molar-refractivity contribution >= 4 is 0 Å². The SMILES string of the molecule is CC1CNC(C2CC2)CN1CCC(C)(C)C. The fourth-order valence-corrected chi connectivity index (χ4v) is 2.55. The number of hydrogen-bond acceptors (Lipinski definition) is 2. The number of rotatable bonds is 3. The van der Waals surface area contributed by atoms with Gasteiger partial charge < -0.3 is 5.32 Å². The molecule has 0 bridgehead atoms. The van der Waals surface area contributed by atoms with Crippen molar-refractivity contribution in [2.75, 3.05) is 19.6 Å². The molecule has 0 aromatic heterocycles. The molecule has 0 radical (unpaired) electrons. The summed E-state index contributed by atoms with van der Waals surface area (Å²) in [6.07, 6.45) is 4.23. The van der Waals surface area contributed by atoms with Crippen LogP contribution in [0.3, 0.4) is 0 Å². The van der Waals surface area contributed by atoms with Crippen LogP contribution in [0.25, 0.3) is 0 Å². The van der Waals surface area contributed by atoms with Crippen molar-refractivity contribution in [2.24, 2.45) is 11.3 Å². The zero-order chi connectivity index (χ0) is 11.8. The van der Waals surface area contributed by atoms with E-state index in [-0.39, 0.29) is 0 Å². The number of nitrogens with zero attached hydrogens (tertiary/aromatic N) is 1. The van der Waals surface area contributed by atoms with Crippen molar-refractivity contribution in [1.82, 2.24) is 10.2 Å². The first kappa shape index (κ1) is 12.4. The highest BCUT2D eigenvalue weighted by molar-refractivity contribution is 4.93. The lowest BCUT2D eigenvalue weighted by Gasteiger charge is -2.40. The Hall–Kier alpha value is -0.0800. The molecular weight excluding hydrogens is 196 g/mol. The predicted octanol–water partition coefficient (Wildman–Crippen LogP) is 2.49. The van der Waals surface area contributed by atoms with E-state index >= 15 is 0 Å². The van der Waals surface area contributed by atoms with Crippen LogP contribution in [0, 0.1) is 11.3 Å². The summed E-state index contributed by atoms with van der Waals surface area (Å²) in [5.74, 6) is 0.990. The fourth-order valence-electron chi connectivity index (χ4n) is 2.55. The molecule has 2 heteroatoms. The molecule has 2 nitrogen and oxygen atoms in total. The van der Waals surface area contributed by atoms with E-state index in [1.807, 2.05) is 0 Å². The van der Waals surface area contributed by atoms with Gasteiger partial charge in [0.25, 0.3) is 0 Å². The Labute approximate surface area is 101 Å². The molecule has 0 aromatic rings. The number of nitrogens with one attached hydrogen (secondary N) is 1. The first-order chi connectivity index (χ1) is 7.46. The second kappa shape index (κ2) is 4.66. The van der Waals surface area contributed by atoms with E-state index in [9.17, 15) is 0 Å². The third-order valence-corrected chi connectivity index (χ3v) is 4.07. The molecule has 1 saturated heterocycles. The van der Waals surface area contributed by atoms with E-state index in [2.05, 4.69) is 37.9 Å². The molecule has 0 amide bonds. The Kier molecular flexibility index (Phi) is 3.60.